The Morgan fingerprint density at radius 2 is 1.90 bits per heavy atom. The quantitative estimate of drug-likeness (QED) is 0.490. The van der Waals surface area contributed by atoms with Gasteiger partial charge in [-0.05, 0) is 32.0 Å². The topological polar surface area (TPSA) is 110 Å². The molecule has 8 nitrogen and oxygen atoms in total. The van der Waals surface area contributed by atoms with Crippen LogP contribution in [0.15, 0.2) is 42.5 Å². The fourth-order valence-electron chi connectivity index (χ4n) is 2.70. The number of aromatic amines is 1. The van der Waals surface area contributed by atoms with Gasteiger partial charge in [0.25, 0.3) is 5.91 Å². The molecule has 2 heterocycles. The lowest BCUT2D eigenvalue weighted by Crippen LogP contribution is -2.20. The number of aryl methyl sites for hydroxylation is 2. The summed E-state index contributed by atoms with van der Waals surface area (Å²) in [6.45, 7) is 3.39. The van der Waals surface area contributed by atoms with Gasteiger partial charge in [-0.1, -0.05) is 41.2 Å². The molecule has 2 aromatic carbocycles. The summed E-state index contributed by atoms with van der Waals surface area (Å²) < 4.78 is 5.09. The molecule has 0 bridgehead atoms. The van der Waals surface area contributed by atoms with Crippen molar-refractivity contribution < 1.29 is 14.3 Å². The minimum absolute atomic E-state index is 0.330. The second-order valence-electron chi connectivity index (χ2n) is 6.43. The van der Waals surface area contributed by atoms with Gasteiger partial charge in [0.2, 0.25) is 5.13 Å². The van der Waals surface area contributed by atoms with Crippen LogP contribution < -0.4 is 5.32 Å². The van der Waals surface area contributed by atoms with Gasteiger partial charge in [0, 0.05) is 5.56 Å². The monoisotopic (exact) mass is 407 g/mol. The Balaban J connectivity index is 1.43. The molecular weight excluding hydrogens is 390 g/mol. The molecule has 9 heteroatoms. The molecule has 0 atom stereocenters. The largest absolute Gasteiger partial charge is 0.452 e. The number of rotatable bonds is 5. The van der Waals surface area contributed by atoms with E-state index in [0.29, 0.717) is 16.2 Å². The zero-order chi connectivity index (χ0) is 20.4. The fraction of sp³-hybridized carbons (Fsp3) is 0.150. The molecule has 0 saturated heterocycles. The summed E-state index contributed by atoms with van der Waals surface area (Å²) in [6.07, 6.45) is 0. The van der Waals surface area contributed by atoms with Crippen LogP contribution in [0.2, 0.25) is 0 Å². The van der Waals surface area contributed by atoms with E-state index in [4.69, 9.17) is 4.74 Å². The Hall–Kier alpha value is -3.59. The number of H-pyrrole nitrogens is 1. The second kappa shape index (κ2) is 7.80. The number of esters is 1. The predicted molar refractivity (Wildman–Crippen MR) is 110 cm³/mol. The normalized spacial score (nSPS) is 10.8. The van der Waals surface area contributed by atoms with Crippen molar-refractivity contribution in [2.45, 2.75) is 13.8 Å². The fourth-order valence-corrected chi connectivity index (χ4v) is 3.31. The summed E-state index contributed by atoms with van der Waals surface area (Å²) in [5, 5.41) is 11.2. The van der Waals surface area contributed by atoms with Crippen LogP contribution >= 0.6 is 11.3 Å². The van der Waals surface area contributed by atoms with Crippen molar-refractivity contribution >= 4 is 39.4 Å². The van der Waals surface area contributed by atoms with Gasteiger partial charge >= 0.3 is 5.97 Å². The molecule has 2 aromatic heterocycles. The molecule has 0 saturated carbocycles. The van der Waals surface area contributed by atoms with Crippen molar-refractivity contribution in [3.8, 4) is 11.4 Å². The van der Waals surface area contributed by atoms with Crippen molar-refractivity contribution in [3.05, 3.63) is 58.6 Å². The molecule has 29 heavy (non-hydrogen) atoms. The minimum Gasteiger partial charge on any atom is -0.452 e. The van der Waals surface area contributed by atoms with Crippen LogP contribution in [-0.2, 0) is 9.53 Å². The number of amides is 1. The number of nitrogens with zero attached hydrogens (tertiary/aromatic N) is 3. The third-order valence-electron chi connectivity index (χ3n) is 4.15. The number of nitrogens with one attached hydrogen (secondary N) is 2. The molecule has 4 aromatic rings. The average molecular weight is 407 g/mol. The highest BCUT2D eigenvalue weighted by Crippen LogP contribution is 2.22. The van der Waals surface area contributed by atoms with Crippen molar-refractivity contribution in [3.63, 3.8) is 0 Å². The molecule has 4 rings (SSSR count). The molecule has 0 aliphatic carbocycles. The van der Waals surface area contributed by atoms with Crippen molar-refractivity contribution in [2.24, 2.45) is 0 Å². The molecule has 0 aliphatic rings. The van der Waals surface area contributed by atoms with Crippen LogP contribution in [-0.4, -0.2) is 38.6 Å². The Labute approximate surface area is 170 Å². The Morgan fingerprint density at radius 3 is 2.62 bits per heavy atom. The number of anilines is 1. The van der Waals surface area contributed by atoms with Crippen LogP contribution in [0, 0.1) is 13.8 Å². The third-order valence-corrected chi connectivity index (χ3v) is 4.90. The number of carbonyl (C=O) groups excluding carboxylic acids is 2. The van der Waals surface area contributed by atoms with Gasteiger partial charge in [-0.3, -0.25) is 10.1 Å². The SMILES string of the molecule is Cc1ccc(-c2nc3ccc(C(=O)OCC(=O)Nc4nnc(C)s4)cc3[nH]2)cc1. The molecule has 0 radical (unpaired) electrons. The van der Waals surface area contributed by atoms with Gasteiger partial charge in [0.15, 0.2) is 6.61 Å². The Bertz CT molecular complexity index is 1200. The van der Waals surface area contributed by atoms with E-state index in [1.54, 1.807) is 25.1 Å². The lowest BCUT2D eigenvalue weighted by atomic mass is 10.1. The lowest BCUT2D eigenvalue weighted by Gasteiger charge is -2.04. The third kappa shape index (κ3) is 4.30. The van der Waals surface area contributed by atoms with Gasteiger partial charge in [0.05, 0.1) is 16.6 Å². The number of hydrogen-bond donors (Lipinski definition) is 2. The Kier molecular flexibility index (Phi) is 5.05. The maximum Gasteiger partial charge on any atom is 0.338 e. The van der Waals surface area contributed by atoms with Crippen LogP contribution in [0.5, 0.6) is 0 Å². The standard InChI is InChI=1S/C20H17N5O3S/c1-11-3-5-13(6-4-11)18-21-15-8-7-14(9-16(15)22-18)19(27)28-10-17(26)23-20-25-24-12(2)29-20/h3-9H,10H2,1-2H3,(H,21,22)(H,23,25,26). The Morgan fingerprint density at radius 1 is 1.10 bits per heavy atom. The van der Waals surface area contributed by atoms with Crippen LogP contribution in [0.4, 0.5) is 5.13 Å². The van der Waals surface area contributed by atoms with E-state index in [1.165, 1.54) is 16.9 Å². The van der Waals surface area contributed by atoms with Crippen molar-refractivity contribution in [1.29, 1.82) is 0 Å². The van der Waals surface area contributed by atoms with E-state index in [9.17, 15) is 9.59 Å². The predicted octanol–water partition coefficient (Wildman–Crippen LogP) is 3.49. The highest BCUT2D eigenvalue weighted by molar-refractivity contribution is 7.15. The summed E-state index contributed by atoms with van der Waals surface area (Å²) in [4.78, 5) is 32.0. The number of hydrogen-bond acceptors (Lipinski definition) is 7. The van der Waals surface area contributed by atoms with E-state index >= 15 is 0 Å². The lowest BCUT2D eigenvalue weighted by molar-refractivity contribution is -0.119. The number of ether oxygens (including phenoxy) is 1. The van der Waals surface area contributed by atoms with Crippen LogP contribution in [0.3, 0.4) is 0 Å². The van der Waals surface area contributed by atoms with Gasteiger partial charge in [-0.15, -0.1) is 10.2 Å². The summed E-state index contributed by atoms with van der Waals surface area (Å²) in [6, 6.07) is 13.0. The maximum absolute atomic E-state index is 12.3. The zero-order valence-electron chi connectivity index (χ0n) is 15.7. The molecule has 0 spiro atoms. The van der Waals surface area contributed by atoms with E-state index in [2.05, 4.69) is 25.5 Å². The molecule has 0 unspecified atom stereocenters. The highest BCUT2D eigenvalue weighted by atomic mass is 32.1. The van der Waals surface area contributed by atoms with Crippen LogP contribution in [0.1, 0.15) is 20.9 Å². The molecule has 146 valence electrons. The van der Waals surface area contributed by atoms with E-state index in [1.807, 2.05) is 31.2 Å². The van der Waals surface area contributed by atoms with E-state index < -0.39 is 18.5 Å². The van der Waals surface area contributed by atoms with Crippen LogP contribution in [0.25, 0.3) is 22.4 Å². The first-order chi connectivity index (χ1) is 14.0. The van der Waals surface area contributed by atoms with Gasteiger partial charge in [-0.2, -0.15) is 0 Å². The van der Waals surface area contributed by atoms with Gasteiger partial charge in [-0.25, -0.2) is 9.78 Å². The second-order valence-corrected chi connectivity index (χ2v) is 7.62. The summed E-state index contributed by atoms with van der Waals surface area (Å²) >= 11 is 1.24. The summed E-state index contributed by atoms with van der Waals surface area (Å²) in [7, 11) is 0. The number of imidazole rings is 1. The number of aromatic nitrogens is 4. The number of carbonyl (C=O) groups is 2. The first kappa shape index (κ1) is 18.8. The summed E-state index contributed by atoms with van der Waals surface area (Å²) in [5.41, 5.74) is 3.90. The van der Waals surface area contributed by atoms with Gasteiger partial charge in [0.1, 0.15) is 10.8 Å². The molecule has 0 aliphatic heterocycles. The molecule has 0 fully saturated rings. The maximum atomic E-state index is 12.3. The van der Waals surface area contributed by atoms with Crippen molar-refractivity contribution in [1.82, 2.24) is 20.2 Å². The summed E-state index contributed by atoms with van der Waals surface area (Å²) in [5.74, 6) is -0.349. The first-order valence-electron chi connectivity index (χ1n) is 8.82. The number of fused-ring (bicyclic) bond motifs is 1. The smallest absolute Gasteiger partial charge is 0.338 e. The van der Waals surface area contributed by atoms with Crippen molar-refractivity contribution in [2.75, 3.05) is 11.9 Å². The zero-order valence-corrected chi connectivity index (χ0v) is 16.5. The minimum atomic E-state index is -0.595. The molecule has 2 N–H and O–H groups in total. The highest BCUT2D eigenvalue weighted by Gasteiger charge is 2.14. The molecule has 1 amide bonds. The van der Waals surface area contributed by atoms with E-state index in [0.717, 1.165) is 21.9 Å². The van der Waals surface area contributed by atoms with E-state index in [-0.39, 0.29) is 0 Å². The average Bonchev–Trinajstić information content (AvgIpc) is 3.31. The van der Waals surface area contributed by atoms with Gasteiger partial charge < -0.3 is 9.72 Å². The number of benzene rings is 2. The first-order valence-corrected chi connectivity index (χ1v) is 9.63. The molecular formula is C20H17N5O3S.